The van der Waals surface area contributed by atoms with Gasteiger partial charge in [-0.3, -0.25) is 0 Å². The molecule has 76 valence electrons. The Morgan fingerprint density at radius 1 is 1.14 bits per heavy atom. The molecule has 2 rings (SSSR count). The van der Waals surface area contributed by atoms with E-state index in [-0.39, 0.29) is 0 Å². The lowest BCUT2D eigenvalue weighted by Crippen LogP contribution is -2.09. The molecule has 0 spiro atoms. The van der Waals surface area contributed by atoms with Gasteiger partial charge in [0, 0.05) is 6.54 Å². The van der Waals surface area contributed by atoms with Crippen LogP contribution < -0.4 is 5.32 Å². The largest absolute Gasteiger partial charge is 0.316 e. The van der Waals surface area contributed by atoms with Crippen molar-refractivity contribution >= 4 is 0 Å². The summed E-state index contributed by atoms with van der Waals surface area (Å²) in [5.41, 5.74) is 5.93. The lowest BCUT2D eigenvalue weighted by Gasteiger charge is -2.15. The van der Waals surface area contributed by atoms with Crippen molar-refractivity contribution in [3.05, 3.63) is 34.4 Å². The molecule has 1 aliphatic rings. The summed E-state index contributed by atoms with van der Waals surface area (Å²) in [6.07, 6.45) is 1.29. The fourth-order valence-electron chi connectivity index (χ4n) is 2.34. The third-order valence-corrected chi connectivity index (χ3v) is 3.60. The van der Waals surface area contributed by atoms with Crippen LogP contribution in [0.5, 0.6) is 0 Å². The van der Waals surface area contributed by atoms with Gasteiger partial charge in [0.05, 0.1) is 0 Å². The summed E-state index contributed by atoms with van der Waals surface area (Å²) < 4.78 is 0. The molecule has 1 heterocycles. The molecule has 0 saturated carbocycles. The Morgan fingerprint density at radius 3 is 2.57 bits per heavy atom. The van der Waals surface area contributed by atoms with Gasteiger partial charge in [-0.15, -0.1) is 0 Å². The van der Waals surface area contributed by atoms with E-state index in [9.17, 15) is 0 Å². The standard InChI is InChI=1S/C13H19N/c1-9-4-5-13(11(3)10(9)2)12-6-7-14-8-12/h4-5,12,14H,6-8H2,1-3H3. The second-order valence-electron chi connectivity index (χ2n) is 4.41. The summed E-state index contributed by atoms with van der Waals surface area (Å²) in [5.74, 6) is 0.745. The zero-order chi connectivity index (χ0) is 10.1. The van der Waals surface area contributed by atoms with Gasteiger partial charge in [-0.25, -0.2) is 0 Å². The van der Waals surface area contributed by atoms with Gasteiger partial charge in [0.15, 0.2) is 0 Å². The van der Waals surface area contributed by atoms with Gasteiger partial charge in [-0.1, -0.05) is 12.1 Å². The molecule has 1 nitrogen and oxygen atoms in total. The minimum atomic E-state index is 0.745. The predicted molar refractivity (Wildman–Crippen MR) is 60.9 cm³/mol. The number of benzene rings is 1. The van der Waals surface area contributed by atoms with Crippen molar-refractivity contribution in [3.8, 4) is 0 Å². The third kappa shape index (κ3) is 1.57. The first-order chi connectivity index (χ1) is 6.70. The van der Waals surface area contributed by atoms with Crippen LogP contribution in [-0.2, 0) is 0 Å². The first kappa shape index (κ1) is 9.72. The van der Waals surface area contributed by atoms with Gasteiger partial charge in [0.2, 0.25) is 0 Å². The Balaban J connectivity index is 2.38. The molecule has 1 aliphatic heterocycles. The van der Waals surface area contributed by atoms with Crippen LogP contribution in [0.2, 0.25) is 0 Å². The molecule has 1 fully saturated rings. The van der Waals surface area contributed by atoms with Gasteiger partial charge >= 0.3 is 0 Å². The minimum Gasteiger partial charge on any atom is -0.316 e. The average molecular weight is 189 g/mol. The maximum Gasteiger partial charge on any atom is 0.00207 e. The molecule has 0 aromatic heterocycles. The van der Waals surface area contributed by atoms with Crippen LogP contribution >= 0.6 is 0 Å². The molecule has 1 heteroatoms. The fourth-order valence-corrected chi connectivity index (χ4v) is 2.34. The highest BCUT2D eigenvalue weighted by Gasteiger charge is 2.18. The molecule has 1 atom stereocenters. The van der Waals surface area contributed by atoms with Crippen LogP contribution in [0, 0.1) is 20.8 Å². The molecule has 0 amide bonds. The molecule has 0 aliphatic carbocycles. The maximum absolute atomic E-state index is 3.43. The van der Waals surface area contributed by atoms with Crippen molar-refractivity contribution in [1.82, 2.24) is 5.32 Å². The van der Waals surface area contributed by atoms with Crippen LogP contribution in [0.25, 0.3) is 0 Å². The van der Waals surface area contributed by atoms with Gasteiger partial charge in [0.1, 0.15) is 0 Å². The van der Waals surface area contributed by atoms with Crippen molar-refractivity contribution in [2.75, 3.05) is 13.1 Å². The van der Waals surface area contributed by atoms with E-state index in [0.29, 0.717) is 0 Å². The first-order valence-electron chi connectivity index (χ1n) is 5.47. The van der Waals surface area contributed by atoms with E-state index in [1.807, 2.05) is 0 Å². The lowest BCUT2D eigenvalue weighted by atomic mass is 9.90. The predicted octanol–water partition coefficient (Wildman–Crippen LogP) is 2.69. The van der Waals surface area contributed by atoms with Crippen molar-refractivity contribution in [3.63, 3.8) is 0 Å². The Kier molecular flexibility index (Phi) is 2.60. The van der Waals surface area contributed by atoms with Crippen LogP contribution in [-0.4, -0.2) is 13.1 Å². The van der Waals surface area contributed by atoms with Crippen molar-refractivity contribution in [2.45, 2.75) is 33.1 Å². The normalized spacial score (nSPS) is 21.5. The van der Waals surface area contributed by atoms with Crippen molar-refractivity contribution in [1.29, 1.82) is 0 Å². The monoisotopic (exact) mass is 189 g/mol. The first-order valence-corrected chi connectivity index (χ1v) is 5.47. The number of nitrogens with one attached hydrogen (secondary N) is 1. The SMILES string of the molecule is Cc1ccc(C2CCNC2)c(C)c1C. The van der Waals surface area contributed by atoms with Gasteiger partial charge in [-0.2, -0.15) is 0 Å². The second kappa shape index (κ2) is 3.74. The third-order valence-electron chi connectivity index (χ3n) is 3.60. The van der Waals surface area contributed by atoms with E-state index in [4.69, 9.17) is 0 Å². The molecule has 1 unspecified atom stereocenters. The summed E-state index contributed by atoms with van der Waals surface area (Å²) in [4.78, 5) is 0. The summed E-state index contributed by atoms with van der Waals surface area (Å²) in [6.45, 7) is 9.02. The quantitative estimate of drug-likeness (QED) is 0.716. The van der Waals surface area contributed by atoms with Gasteiger partial charge in [-0.05, 0) is 61.9 Å². The fraction of sp³-hybridized carbons (Fsp3) is 0.538. The van der Waals surface area contributed by atoms with Crippen LogP contribution in [0.15, 0.2) is 12.1 Å². The highest BCUT2D eigenvalue weighted by atomic mass is 14.9. The van der Waals surface area contributed by atoms with Crippen molar-refractivity contribution < 1.29 is 0 Å². The summed E-state index contributed by atoms with van der Waals surface area (Å²) in [6, 6.07) is 4.57. The van der Waals surface area contributed by atoms with Crippen LogP contribution in [0.3, 0.4) is 0 Å². The average Bonchev–Trinajstić information content (AvgIpc) is 2.67. The summed E-state index contributed by atoms with van der Waals surface area (Å²) >= 11 is 0. The number of hydrogen-bond acceptors (Lipinski definition) is 1. The zero-order valence-electron chi connectivity index (χ0n) is 9.35. The number of hydrogen-bond donors (Lipinski definition) is 1. The Morgan fingerprint density at radius 2 is 1.93 bits per heavy atom. The minimum absolute atomic E-state index is 0.745. The lowest BCUT2D eigenvalue weighted by molar-refractivity contribution is 0.755. The molecule has 1 saturated heterocycles. The molecule has 1 N–H and O–H groups in total. The van der Waals surface area contributed by atoms with Crippen molar-refractivity contribution in [2.24, 2.45) is 0 Å². The topological polar surface area (TPSA) is 12.0 Å². The van der Waals surface area contributed by atoms with Crippen LogP contribution in [0.4, 0.5) is 0 Å². The maximum atomic E-state index is 3.43. The number of aryl methyl sites for hydroxylation is 1. The molecule has 14 heavy (non-hydrogen) atoms. The molecule has 1 aromatic rings. The highest BCUT2D eigenvalue weighted by Crippen LogP contribution is 2.28. The molecular weight excluding hydrogens is 170 g/mol. The second-order valence-corrected chi connectivity index (χ2v) is 4.41. The van der Waals surface area contributed by atoms with E-state index in [2.05, 4.69) is 38.2 Å². The summed E-state index contributed by atoms with van der Waals surface area (Å²) in [7, 11) is 0. The van der Waals surface area contributed by atoms with E-state index < -0.39 is 0 Å². The summed E-state index contributed by atoms with van der Waals surface area (Å²) in [5, 5.41) is 3.43. The van der Waals surface area contributed by atoms with E-state index >= 15 is 0 Å². The van der Waals surface area contributed by atoms with E-state index in [0.717, 1.165) is 12.5 Å². The van der Waals surface area contributed by atoms with Crippen LogP contribution in [0.1, 0.15) is 34.6 Å². The smallest absolute Gasteiger partial charge is 0.00207 e. The number of rotatable bonds is 1. The zero-order valence-corrected chi connectivity index (χ0v) is 9.35. The van der Waals surface area contributed by atoms with Gasteiger partial charge < -0.3 is 5.32 Å². The van der Waals surface area contributed by atoms with E-state index in [1.165, 1.54) is 29.7 Å². The molecule has 0 radical (unpaired) electrons. The Bertz CT molecular complexity index is 335. The Labute approximate surface area is 86.5 Å². The molecule has 0 bridgehead atoms. The molecular formula is C13H19N. The Hall–Kier alpha value is -0.820. The van der Waals surface area contributed by atoms with E-state index in [1.54, 1.807) is 5.56 Å². The highest BCUT2D eigenvalue weighted by molar-refractivity contribution is 5.41. The van der Waals surface area contributed by atoms with Gasteiger partial charge in [0.25, 0.3) is 0 Å². The molecule has 1 aromatic carbocycles.